The zero-order chi connectivity index (χ0) is 39.6. The average molecular weight is 769 g/mol. The molecule has 4 aromatic heterocycles. The van der Waals surface area contributed by atoms with Gasteiger partial charge in [-0.15, -0.1) is 0 Å². The number of furan rings is 2. The summed E-state index contributed by atoms with van der Waals surface area (Å²) in [4.78, 5) is 20.2. The summed E-state index contributed by atoms with van der Waals surface area (Å²) >= 11 is 0. The van der Waals surface area contributed by atoms with Gasteiger partial charge in [0, 0.05) is 49.4 Å². The van der Waals surface area contributed by atoms with Gasteiger partial charge in [-0.05, 0) is 47.0 Å². The van der Waals surface area contributed by atoms with Crippen LogP contribution in [-0.4, -0.2) is 19.9 Å². The van der Waals surface area contributed by atoms with E-state index >= 15 is 0 Å². The molecule has 60 heavy (non-hydrogen) atoms. The summed E-state index contributed by atoms with van der Waals surface area (Å²) < 4.78 is 12.9. The smallest absolute Gasteiger partial charge is 0.164 e. The van der Waals surface area contributed by atoms with Crippen molar-refractivity contribution in [1.82, 2.24) is 19.9 Å². The Morgan fingerprint density at radius 1 is 0.300 bits per heavy atom. The van der Waals surface area contributed by atoms with Gasteiger partial charge in [0.05, 0.1) is 16.6 Å². The summed E-state index contributed by atoms with van der Waals surface area (Å²) in [6, 6.07) is 66.2. The number of hydrogen-bond acceptors (Lipinski definition) is 6. The summed E-state index contributed by atoms with van der Waals surface area (Å²) in [7, 11) is 0. The number of pyridine rings is 1. The van der Waals surface area contributed by atoms with E-state index in [-0.39, 0.29) is 0 Å². The summed E-state index contributed by atoms with van der Waals surface area (Å²) in [6.07, 6.45) is 0. The molecule has 280 valence electrons. The van der Waals surface area contributed by atoms with E-state index in [4.69, 9.17) is 28.8 Å². The van der Waals surface area contributed by atoms with Crippen molar-refractivity contribution in [2.75, 3.05) is 0 Å². The van der Waals surface area contributed by atoms with Gasteiger partial charge in [-0.1, -0.05) is 164 Å². The highest BCUT2D eigenvalue weighted by molar-refractivity contribution is 6.19. The number of fused-ring (bicyclic) bond motifs is 8. The maximum atomic E-state index is 6.58. The number of benzene rings is 8. The fraction of sp³-hybridized carbons (Fsp3) is 0. The van der Waals surface area contributed by atoms with Crippen LogP contribution in [0.5, 0.6) is 0 Å². The molecule has 0 bridgehead atoms. The van der Waals surface area contributed by atoms with E-state index in [1.54, 1.807) is 0 Å². The molecule has 4 heterocycles. The Hall–Kier alpha value is -8.22. The van der Waals surface area contributed by atoms with Crippen LogP contribution in [0.25, 0.3) is 122 Å². The molecule has 0 aliphatic carbocycles. The Bertz CT molecular complexity index is 3580. The van der Waals surface area contributed by atoms with E-state index in [2.05, 4.69) is 109 Å². The van der Waals surface area contributed by atoms with Crippen molar-refractivity contribution >= 4 is 54.8 Å². The van der Waals surface area contributed by atoms with Gasteiger partial charge in [-0.25, -0.2) is 19.9 Å². The molecule has 0 atom stereocenters. The van der Waals surface area contributed by atoms with Crippen LogP contribution in [0.1, 0.15) is 0 Å². The van der Waals surface area contributed by atoms with Crippen molar-refractivity contribution in [3.63, 3.8) is 0 Å². The first-order valence-corrected chi connectivity index (χ1v) is 20.0. The Morgan fingerprint density at radius 2 is 0.817 bits per heavy atom. The van der Waals surface area contributed by atoms with Crippen LogP contribution in [0.3, 0.4) is 0 Å². The van der Waals surface area contributed by atoms with Crippen LogP contribution in [0.4, 0.5) is 0 Å². The highest BCUT2D eigenvalue weighted by Crippen LogP contribution is 2.41. The normalized spacial score (nSPS) is 11.7. The molecule has 0 radical (unpaired) electrons. The Balaban J connectivity index is 0.926. The number of para-hydroxylation sites is 3. The second-order valence-electron chi connectivity index (χ2n) is 15.0. The molecule has 0 aliphatic rings. The van der Waals surface area contributed by atoms with E-state index in [1.807, 2.05) is 84.9 Å². The number of rotatable bonds is 6. The van der Waals surface area contributed by atoms with E-state index in [9.17, 15) is 0 Å². The molecule has 6 nitrogen and oxygen atoms in total. The summed E-state index contributed by atoms with van der Waals surface area (Å²) in [5.41, 5.74) is 13.2. The second-order valence-corrected chi connectivity index (χ2v) is 15.0. The SMILES string of the molecule is c1ccc(-c2nc(-c3ccc(-c4ccc5oc6c7ccccc7nc(-c7ccccc7)c6c5c4)cc3)nc(-c3ccc(-c4cccc5c4oc4ccccc45)cc3)n2)cc1. The van der Waals surface area contributed by atoms with Crippen molar-refractivity contribution < 1.29 is 8.83 Å². The van der Waals surface area contributed by atoms with Crippen molar-refractivity contribution in [2.45, 2.75) is 0 Å². The maximum absolute atomic E-state index is 6.58. The first-order valence-electron chi connectivity index (χ1n) is 20.0. The first-order chi connectivity index (χ1) is 29.7. The van der Waals surface area contributed by atoms with Crippen molar-refractivity contribution in [2.24, 2.45) is 0 Å². The molecule has 12 aromatic rings. The standard InChI is InChI=1S/C54H32N4O2/c1-3-12-35(13-4-1)49-48-44-32-39(30-31-47(44)60-51(48)43-17-7-9-20-45(43)55-49)33-22-26-37(27-23-33)53-56-52(36-14-5-2-6-15-36)57-54(58-53)38-28-24-34(25-29-38)40-18-11-19-42-41-16-8-10-21-46(41)59-50(40)42/h1-32H. The first kappa shape index (κ1) is 33.9. The molecule has 12 rings (SSSR count). The predicted octanol–water partition coefficient (Wildman–Crippen LogP) is 14.2. The molecule has 0 amide bonds. The predicted molar refractivity (Wildman–Crippen MR) is 242 cm³/mol. The van der Waals surface area contributed by atoms with Crippen LogP contribution in [0.15, 0.2) is 203 Å². The molecule has 0 spiro atoms. The largest absolute Gasteiger partial charge is 0.455 e. The molecule has 0 unspecified atom stereocenters. The molecule has 8 aromatic carbocycles. The lowest BCUT2D eigenvalue weighted by Gasteiger charge is -2.10. The minimum absolute atomic E-state index is 0.600. The lowest BCUT2D eigenvalue weighted by Crippen LogP contribution is -2.00. The molecule has 0 saturated heterocycles. The Labute approximate surface area is 344 Å². The average Bonchev–Trinajstić information content (AvgIpc) is 3.91. The van der Waals surface area contributed by atoms with Crippen molar-refractivity contribution in [3.8, 4) is 67.7 Å². The zero-order valence-corrected chi connectivity index (χ0v) is 32.1. The minimum atomic E-state index is 0.600. The minimum Gasteiger partial charge on any atom is -0.455 e. The second kappa shape index (κ2) is 13.7. The van der Waals surface area contributed by atoms with Gasteiger partial charge in [-0.2, -0.15) is 0 Å². The molecule has 0 N–H and O–H groups in total. The molecule has 0 fully saturated rings. The maximum Gasteiger partial charge on any atom is 0.164 e. The summed E-state index contributed by atoms with van der Waals surface area (Å²) in [6.45, 7) is 0. The topological polar surface area (TPSA) is 77.8 Å². The van der Waals surface area contributed by atoms with Gasteiger partial charge < -0.3 is 8.83 Å². The molecule has 0 saturated carbocycles. The quantitative estimate of drug-likeness (QED) is 0.168. The van der Waals surface area contributed by atoms with Crippen molar-refractivity contribution in [1.29, 1.82) is 0 Å². The third kappa shape index (κ3) is 5.65. The fourth-order valence-electron chi connectivity index (χ4n) is 8.38. The van der Waals surface area contributed by atoms with Crippen LogP contribution in [-0.2, 0) is 0 Å². The highest BCUT2D eigenvalue weighted by Gasteiger charge is 2.19. The Morgan fingerprint density at radius 3 is 1.53 bits per heavy atom. The van der Waals surface area contributed by atoms with Gasteiger partial charge in [0.1, 0.15) is 22.3 Å². The van der Waals surface area contributed by atoms with Gasteiger partial charge >= 0.3 is 0 Å². The van der Waals surface area contributed by atoms with E-state index in [0.717, 1.165) is 105 Å². The van der Waals surface area contributed by atoms with Gasteiger partial charge in [0.25, 0.3) is 0 Å². The number of nitrogens with zero attached hydrogens (tertiary/aromatic N) is 4. The van der Waals surface area contributed by atoms with E-state index in [0.29, 0.717) is 17.5 Å². The number of aromatic nitrogens is 4. The van der Waals surface area contributed by atoms with Crippen molar-refractivity contribution in [3.05, 3.63) is 194 Å². The lowest BCUT2D eigenvalue weighted by atomic mass is 9.99. The number of hydrogen-bond donors (Lipinski definition) is 0. The molecular weight excluding hydrogens is 737 g/mol. The van der Waals surface area contributed by atoms with E-state index < -0.39 is 0 Å². The monoisotopic (exact) mass is 768 g/mol. The molecule has 0 aliphatic heterocycles. The van der Waals surface area contributed by atoms with Gasteiger partial charge in [0.2, 0.25) is 0 Å². The summed E-state index contributed by atoms with van der Waals surface area (Å²) in [5, 5.41) is 5.25. The van der Waals surface area contributed by atoms with E-state index in [1.165, 1.54) is 0 Å². The highest BCUT2D eigenvalue weighted by atomic mass is 16.3. The molecular formula is C54H32N4O2. The van der Waals surface area contributed by atoms with Gasteiger partial charge in [-0.3, -0.25) is 0 Å². The lowest BCUT2D eigenvalue weighted by molar-refractivity contribution is 0.670. The third-order valence-electron chi connectivity index (χ3n) is 11.4. The Kier molecular flexibility index (Phi) is 7.74. The zero-order valence-electron chi connectivity index (χ0n) is 32.1. The summed E-state index contributed by atoms with van der Waals surface area (Å²) in [5.74, 6) is 1.82. The molecule has 6 heteroatoms. The van der Waals surface area contributed by atoms with Gasteiger partial charge in [0.15, 0.2) is 17.5 Å². The fourth-order valence-corrected chi connectivity index (χ4v) is 8.38. The van der Waals surface area contributed by atoms with Crippen LogP contribution in [0.2, 0.25) is 0 Å². The van der Waals surface area contributed by atoms with Crippen LogP contribution >= 0.6 is 0 Å². The third-order valence-corrected chi connectivity index (χ3v) is 11.4. The van der Waals surface area contributed by atoms with Crippen LogP contribution < -0.4 is 0 Å². The van der Waals surface area contributed by atoms with Crippen LogP contribution in [0, 0.1) is 0 Å².